The Balaban J connectivity index is 2.91. The second kappa shape index (κ2) is 7.04. The number of ether oxygens (including phenoxy) is 1. The molecule has 0 aliphatic carbocycles. The predicted molar refractivity (Wildman–Crippen MR) is 74.3 cm³/mol. The van der Waals surface area contributed by atoms with Crippen LogP contribution < -0.4 is 4.90 Å². The van der Waals surface area contributed by atoms with Crippen LogP contribution >= 0.6 is 0 Å². The summed E-state index contributed by atoms with van der Waals surface area (Å²) in [5.41, 5.74) is 0.891. The van der Waals surface area contributed by atoms with Crippen molar-refractivity contribution in [3.63, 3.8) is 0 Å². The SMILES string of the molecule is COCCN(CC(=O)N(C)C)c1cc(C)nc(C)n1. The van der Waals surface area contributed by atoms with Gasteiger partial charge >= 0.3 is 0 Å². The van der Waals surface area contributed by atoms with E-state index >= 15 is 0 Å². The number of anilines is 1. The highest BCUT2D eigenvalue weighted by Crippen LogP contribution is 2.12. The molecule has 6 heteroatoms. The van der Waals surface area contributed by atoms with E-state index in [0.717, 1.165) is 11.5 Å². The molecule has 0 aromatic carbocycles. The number of methoxy groups -OCH3 is 1. The lowest BCUT2D eigenvalue weighted by Crippen LogP contribution is -2.39. The molecular formula is C13H22N4O2. The summed E-state index contributed by atoms with van der Waals surface area (Å²) in [4.78, 5) is 24.0. The molecular weight excluding hydrogens is 244 g/mol. The average Bonchev–Trinajstić information content (AvgIpc) is 2.32. The lowest BCUT2D eigenvalue weighted by molar-refractivity contribution is -0.127. The quantitative estimate of drug-likeness (QED) is 0.756. The molecule has 0 atom stereocenters. The molecule has 0 saturated heterocycles. The number of hydrogen-bond donors (Lipinski definition) is 0. The van der Waals surface area contributed by atoms with Crippen LogP contribution in [0.4, 0.5) is 5.82 Å². The van der Waals surface area contributed by atoms with Gasteiger partial charge in [0, 0.05) is 39.5 Å². The van der Waals surface area contributed by atoms with Crippen molar-refractivity contribution in [1.29, 1.82) is 0 Å². The third-order valence-electron chi connectivity index (χ3n) is 2.67. The summed E-state index contributed by atoms with van der Waals surface area (Å²) in [5.74, 6) is 1.50. The Labute approximate surface area is 114 Å². The van der Waals surface area contributed by atoms with Gasteiger partial charge in [0.25, 0.3) is 0 Å². The summed E-state index contributed by atoms with van der Waals surface area (Å²) >= 11 is 0. The van der Waals surface area contributed by atoms with Gasteiger partial charge in [0.1, 0.15) is 11.6 Å². The maximum Gasteiger partial charge on any atom is 0.241 e. The van der Waals surface area contributed by atoms with E-state index in [1.165, 1.54) is 0 Å². The van der Waals surface area contributed by atoms with Crippen LogP contribution in [-0.4, -0.2) is 61.7 Å². The van der Waals surface area contributed by atoms with Crippen molar-refractivity contribution in [1.82, 2.24) is 14.9 Å². The first-order valence-corrected chi connectivity index (χ1v) is 6.20. The van der Waals surface area contributed by atoms with E-state index < -0.39 is 0 Å². The van der Waals surface area contributed by atoms with E-state index in [1.54, 1.807) is 26.1 Å². The molecule has 0 radical (unpaired) electrons. The van der Waals surface area contributed by atoms with Crippen LogP contribution in [0.5, 0.6) is 0 Å². The van der Waals surface area contributed by atoms with Gasteiger partial charge in [-0.3, -0.25) is 4.79 Å². The number of amides is 1. The van der Waals surface area contributed by atoms with Crippen molar-refractivity contribution >= 4 is 11.7 Å². The van der Waals surface area contributed by atoms with E-state index in [1.807, 2.05) is 24.8 Å². The average molecular weight is 266 g/mol. The van der Waals surface area contributed by atoms with Crippen LogP contribution in [-0.2, 0) is 9.53 Å². The Kier molecular flexibility index (Phi) is 5.69. The number of likely N-dealkylation sites (N-methyl/N-ethyl adjacent to an activating group) is 1. The highest BCUT2D eigenvalue weighted by atomic mass is 16.5. The monoisotopic (exact) mass is 266 g/mol. The number of aryl methyl sites for hydroxylation is 2. The highest BCUT2D eigenvalue weighted by molar-refractivity contribution is 5.80. The van der Waals surface area contributed by atoms with Crippen molar-refractivity contribution in [2.75, 3.05) is 45.8 Å². The van der Waals surface area contributed by atoms with Crippen molar-refractivity contribution in [3.05, 3.63) is 17.6 Å². The smallest absolute Gasteiger partial charge is 0.241 e. The van der Waals surface area contributed by atoms with E-state index in [2.05, 4.69) is 9.97 Å². The van der Waals surface area contributed by atoms with Crippen molar-refractivity contribution in [3.8, 4) is 0 Å². The second-order valence-corrected chi connectivity index (χ2v) is 4.62. The molecule has 19 heavy (non-hydrogen) atoms. The third-order valence-corrected chi connectivity index (χ3v) is 2.67. The second-order valence-electron chi connectivity index (χ2n) is 4.62. The van der Waals surface area contributed by atoms with Crippen LogP contribution in [0.15, 0.2) is 6.07 Å². The predicted octanol–water partition coefficient (Wildman–Crippen LogP) is 0.634. The lowest BCUT2D eigenvalue weighted by Gasteiger charge is -2.24. The highest BCUT2D eigenvalue weighted by Gasteiger charge is 2.15. The Morgan fingerprint density at radius 1 is 1.32 bits per heavy atom. The first kappa shape index (κ1) is 15.4. The molecule has 0 unspecified atom stereocenters. The summed E-state index contributed by atoms with van der Waals surface area (Å²) in [6, 6.07) is 1.88. The Morgan fingerprint density at radius 3 is 2.53 bits per heavy atom. The van der Waals surface area contributed by atoms with Crippen LogP contribution in [0, 0.1) is 13.8 Å². The number of carbonyl (C=O) groups excluding carboxylic acids is 1. The fourth-order valence-corrected chi connectivity index (χ4v) is 1.64. The zero-order valence-corrected chi connectivity index (χ0v) is 12.3. The van der Waals surface area contributed by atoms with Gasteiger partial charge in [-0.25, -0.2) is 9.97 Å². The van der Waals surface area contributed by atoms with Gasteiger partial charge in [0.05, 0.1) is 13.2 Å². The largest absolute Gasteiger partial charge is 0.383 e. The minimum Gasteiger partial charge on any atom is -0.383 e. The number of hydrogen-bond acceptors (Lipinski definition) is 5. The molecule has 0 saturated carbocycles. The van der Waals surface area contributed by atoms with Crippen LogP contribution in [0.3, 0.4) is 0 Å². The fourth-order valence-electron chi connectivity index (χ4n) is 1.64. The molecule has 6 nitrogen and oxygen atoms in total. The molecule has 0 spiro atoms. The minimum absolute atomic E-state index is 0.0324. The standard InChI is InChI=1S/C13H22N4O2/c1-10-8-12(15-11(2)14-10)17(6-7-19-5)9-13(18)16(3)4/h8H,6-7,9H2,1-5H3. The molecule has 0 aliphatic heterocycles. The third kappa shape index (κ3) is 4.82. The summed E-state index contributed by atoms with van der Waals surface area (Å²) in [6.45, 7) is 5.21. The Bertz CT molecular complexity index is 414. The molecule has 1 aromatic rings. The number of aromatic nitrogens is 2. The van der Waals surface area contributed by atoms with Gasteiger partial charge in [-0.2, -0.15) is 0 Å². The summed E-state index contributed by atoms with van der Waals surface area (Å²) in [7, 11) is 5.13. The molecule has 1 heterocycles. The summed E-state index contributed by atoms with van der Waals surface area (Å²) in [5, 5.41) is 0. The van der Waals surface area contributed by atoms with Gasteiger partial charge < -0.3 is 14.5 Å². The number of carbonyl (C=O) groups is 1. The molecule has 0 aliphatic rings. The maximum absolute atomic E-state index is 11.9. The van der Waals surface area contributed by atoms with Gasteiger partial charge in [-0.15, -0.1) is 0 Å². The van der Waals surface area contributed by atoms with E-state index in [0.29, 0.717) is 19.0 Å². The number of nitrogens with zero attached hydrogens (tertiary/aromatic N) is 4. The molecule has 1 amide bonds. The topological polar surface area (TPSA) is 58.6 Å². The first-order chi connectivity index (χ1) is 8.93. The van der Waals surface area contributed by atoms with Crippen molar-refractivity contribution in [2.24, 2.45) is 0 Å². The molecule has 0 bridgehead atoms. The van der Waals surface area contributed by atoms with E-state index in [4.69, 9.17) is 4.74 Å². The Hall–Kier alpha value is -1.69. The Morgan fingerprint density at radius 2 is 2.00 bits per heavy atom. The maximum atomic E-state index is 11.9. The minimum atomic E-state index is 0.0324. The van der Waals surface area contributed by atoms with Gasteiger partial charge in [-0.1, -0.05) is 0 Å². The zero-order chi connectivity index (χ0) is 14.4. The van der Waals surface area contributed by atoms with Crippen LogP contribution in [0.2, 0.25) is 0 Å². The molecule has 106 valence electrons. The van der Waals surface area contributed by atoms with Crippen molar-refractivity contribution in [2.45, 2.75) is 13.8 Å². The van der Waals surface area contributed by atoms with E-state index in [9.17, 15) is 4.79 Å². The van der Waals surface area contributed by atoms with Crippen LogP contribution in [0.25, 0.3) is 0 Å². The normalized spacial score (nSPS) is 10.4. The zero-order valence-electron chi connectivity index (χ0n) is 12.3. The summed E-state index contributed by atoms with van der Waals surface area (Å²) in [6.07, 6.45) is 0. The summed E-state index contributed by atoms with van der Waals surface area (Å²) < 4.78 is 5.09. The number of rotatable bonds is 6. The fraction of sp³-hybridized carbons (Fsp3) is 0.615. The van der Waals surface area contributed by atoms with Gasteiger partial charge in [-0.05, 0) is 13.8 Å². The molecule has 1 rings (SSSR count). The molecule has 1 aromatic heterocycles. The van der Waals surface area contributed by atoms with Crippen LogP contribution in [0.1, 0.15) is 11.5 Å². The van der Waals surface area contributed by atoms with Crippen molar-refractivity contribution < 1.29 is 9.53 Å². The molecule has 0 N–H and O–H groups in total. The van der Waals surface area contributed by atoms with Gasteiger partial charge in [0.15, 0.2) is 0 Å². The first-order valence-electron chi connectivity index (χ1n) is 6.20. The van der Waals surface area contributed by atoms with Gasteiger partial charge in [0.2, 0.25) is 5.91 Å². The molecule has 0 fully saturated rings. The lowest BCUT2D eigenvalue weighted by atomic mass is 10.3. The van der Waals surface area contributed by atoms with E-state index in [-0.39, 0.29) is 12.5 Å².